The van der Waals surface area contributed by atoms with Crippen LogP contribution in [0.15, 0.2) is 15.1 Å². The third kappa shape index (κ3) is 1.49. The maximum absolute atomic E-state index is 11.8. The predicted molar refractivity (Wildman–Crippen MR) is 64.2 cm³/mol. The van der Waals surface area contributed by atoms with Gasteiger partial charge in [0, 0.05) is 7.05 Å². The molecule has 0 bridgehead atoms. The summed E-state index contributed by atoms with van der Waals surface area (Å²) < 4.78 is 1.33. The van der Waals surface area contributed by atoms with Gasteiger partial charge in [0.2, 0.25) is 0 Å². The number of hydrogen-bond donors (Lipinski definition) is 0. The molecule has 1 aromatic heterocycles. The number of carbonyl (C=O) groups excluding carboxylic acids is 1. The molecule has 0 aromatic carbocycles. The van der Waals surface area contributed by atoms with Crippen molar-refractivity contribution in [1.82, 2.24) is 9.78 Å². The average molecular weight is 236 g/mol. The van der Waals surface area contributed by atoms with Gasteiger partial charge in [-0.05, 0) is 27.9 Å². The summed E-state index contributed by atoms with van der Waals surface area (Å²) in [5, 5.41) is 7.93. The Labute approximate surface area is 95.5 Å². The van der Waals surface area contributed by atoms with E-state index in [2.05, 4.69) is 5.10 Å². The largest absolute Gasteiger partial charge is 0.274 e. The van der Waals surface area contributed by atoms with Gasteiger partial charge in [-0.1, -0.05) is 13.8 Å². The molecular weight excluding hydrogens is 224 g/mol. The van der Waals surface area contributed by atoms with Gasteiger partial charge in [-0.2, -0.15) is 5.10 Å². The molecule has 0 amide bonds. The molecule has 1 unspecified atom stereocenters. The normalized spacial score (nSPS) is 17.6. The smallest absolute Gasteiger partial charge is 0.267 e. The van der Waals surface area contributed by atoms with Gasteiger partial charge in [-0.3, -0.25) is 4.79 Å². The van der Waals surface area contributed by atoms with Crippen LogP contribution in [0.3, 0.4) is 0 Å². The summed E-state index contributed by atoms with van der Waals surface area (Å²) in [6, 6.07) is 0. The first kappa shape index (κ1) is 11.0. The van der Waals surface area contributed by atoms with E-state index in [4.69, 9.17) is 0 Å². The third-order valence-corrected chi connectivity index (χ3v) is 3.94. The highest BCUT2D eigenvalue weighted by Gasteiger charge is 2.22. The van der Waals surface area contributed by atoms with Gasteiger partial charge in [0.15, 0.2) is 5.23 Å². The molecule has 1 aliphatic rings. The van der Waals surface area contributed by atoms with E-state index in [1.807, 2.05) is 19.1 Å². The number of nitrogens with zero attached hydrogens (tertiary/aromatic N) is 2. The van der Waals surface area contributed by atoms with Crippen molar-refractivity contribution in [3.63, 3.8) is 0 Å². The monoisotopic (exact) mass is 236 g/mol. The van der Waals surface area contributed by atoms with E-state index in [9.17, 15) is 9.59 Å². The van der Waals surface area contributed by atoms with Gasteiger partial charge in [-0.25, -0.2) is 9.48 Å². The minimum Gasteiger partial charge on any atom is -0.267 e. The highest BCUT2D eigenvalue weighted by atomic mass is 32.2. The summed E-state index contributed by atoms with van der Waals surface area (Å²) in [6.45, 7) is 4.00. The van der Waals surface area contributed by atoms with Crippen LogP contribution >= 0.6 is 10.5 Å². The third-order valence-electron chi connectivity index (χ3n) is 2.49. The van der Waals surface area contributed by atoms with Crippen LogP contribution in [0.1, 0.15) is 31.0 Å². The van der Waals surface area contributed by atoms with Crippen LogP contribution in [-0.4, -0.2) is 15.0 Å². The van der Waals surface area contributed by atoms with Gasteiger partial charge in [0.25, 0.3) is 5.56 Å². The Balaban J connectivity index is 2.88. The molecule has 5 heteroatoms. The van der Waals surface area contributed by atoms with Crippen molar-refractivity contribution >= 4 is 21.8 Å². The number of rotatable bonds is 1. The Morgan fingerprint density at radius 1 is 1.50 bits per heavy atom. The van der Waals surface area contributed by atoms with E-state index in [-0.39, 0.29) is 11.5 Å². The maximum atomic E-state index is 11.8. The molecule has 0 spiro atoms. The Morgan fingerprint density at radius 2 is 2.19 bits per heavy atom. The molecule has 0 fully saturated rings. The molecule has 4 nitrogen and oxygen atoms in total. The van der Waals surface area contributed by atoms with Crippen molar-refractivity contribution in [1.29, 1.82) is 0 Å². The van der Waals surface area contributed by atoms with Crippen LogP contribution < -0.4 is 5.56 Å². The van der Waals surface area contributed by atoms with Gasteiger partial charge < -0.3 is 0 Å². The summed E-state index contributed by atoms with van der Waals surface area (Å²) in [5.41, 5.74) is 1.25. The van der Waals surface area contributed by atoms with E-state index in [1.54, 1.807) is 18.5 Å². The quantitative estimate of drug-likeness (QED) is 0.696. The summed E-state index contributed by atoms with van der Waals surface area (Å²) in [6.07, 6.45) is 1.71. The van der Waals surface area contributed by atoms with Crippen molar-refractivity contribution in [2.24, 2.45) is 7.05 Å². The molecule has 84 valence electrons. The van der Waals surface area contributed by atoms with E-state index in [0.717, 1.165) is 10.6 Å². The number of fused-ring (bicyclic) bond motifs is 1. The molecule has 1 atom stereocenters. The molecule has 16 heavy (non-hydrogen) atoms. The standard InChI is InChI=1S/C11H12N2O2S/c1-7(2)9-10-8(4-5-16(10)6-14)11(15)13(3)12-9/h4-5,7H,1-3H3. The fourth-order valence-corrected chi connectivity index (χ4v) is 3.13. The molecule has 2 rings (SSSR count). The van der Waals surface area contributed by atoms with E-state index >= 15 is 0 Å². The van der Waals surface area contributed by atoms with Crippen molar-refractivity contribution in [3.05, 3.63) is 27.0 Å². The zero-order chi connectivity index (χ0) is 11.9. The molecule has 0 saturated heterocycles. The van der Waals surface area contributed by atoms with Gasteiger partial charge >= 0.3 is 0 Å². The van der Waals surface area contributed by atoms with E-state index in [1.165, 1.54) is 4.68 Å². The highest BCUT2D eigenvalue weighted by Crippen LogP contribution is 2.39. The number of aryl methyl sites for hydroxylation is 1. The maximum Gasteiger partial charge on any atom is 0.274 e. The second-order valence-corrected chi connectivity index (χ2v) is 5.46. The van der Waals surface area contributed by atoms with Crippen molar-refractivity contribution in [2.45, 2.75) is 24.7 Å². The fraction of sp³-hybridized carbons (Fsp3) is 0.364. The minimum atomic E-state index is -0.722. The van der Waals surface area contributed by atoms with E-state index in [0.29, 0.717) is 5.56 Å². The lowest BCUT2D eigenvalue weighted by atomic mass is 10.1. The van der Waals surface area contributed by atoms with Crippen LogP contribution in [0.25, 0.3) is 6.08 Å². The molecule has 1 aliphatic heterocycles. The Bertz CT molecular complexity index is 593. The summed E-state index contributed by atoms with van der Waals surface area (Å²) in [7, 11) is 0.907. The lowest BCUT2D eigenvalue weighted by Crippen LogP contribution is -2.24. The first-order chi connectivity index (χ1) is 7.56. The molecule has 1 aromatic rings. The minimum absolute atomic E-state index is 0.152. The molecule has 0 radical (unpaired) electrons. The summed E-state index contributed by atoms with van der Waals surface area (Å²) >= 11 is 0. The van der Waals surface area contributed by atoms with Crippen molar-refractivity contribution in [3.8, 4) is 0 Å². The lowest BCUT2D eigenvalue weighted by Gasteiger charge is -2.12. The first-order valence-corrected chi connectivity index (χ1v) is 6.25. The van der Waals surface area contributed by atoms with Crippen molar-refractivity contribution in [2.75, 3.05) is 0 Å². The Morgan fingerprint density at radius 3 is 2.75 bits per heavy atom. The topological polar surface area (TPSA) is 52.0 Å². The zero-order valence-electron chi connectivity index (χ0n) is 9.35. The van der Waals surface area contributed by atoms with Crippen LogP contribution in [0.2, 0.25) is 0 Å². The zero-order valence-corrected chi connectivity index (χ0v) is 10.2. The van der Waals surface area contributed by atoms with Crippen LogP contribution in [0, 0.1) is 0 Å². The van der Waals surface area contributed by atoms with Gasteiger partial charge in [0.05, 0.1) is 16.2 Å². The van der Waals surface area contributed by atoms with Crippen LogP contribution in [0.5, 0.6) is 0 Å². The Kier molecular flexibility index (Phi) is 2.66. The Hall–Kier alpha value is -1.45. The second-order valence-electron chi connectivity index (χ2n) is 3.94. The predicted octanol–water partition coefficient (Wildman–Crippen LogP) is 1.58. The molecule has 0 aliphatic carbocycles. The second kappa shape index (κ2) is 3.85. The van der Waals surface area contributed by atoms with Gasteiger partial charge in [0.1, 0.15) is 0 Å². The summed E-state index contributed by atoms with van der Waals surface area (Å²) in [4.78, 5) is 23.4. The van der Waals surface area contributed by atoms with Crippen molar-refractivity contribution < 1.29 is 4.79 Å². The molecule has 2 heterocycles. The first-order valence-electron chi connectivity index (χ1n) is 4.96. The fourth-order valence-electron chi connectivity index (χ4n) is 1.69. The van der Waals surface area contributed by atoms with Crippen LogP contribution in [-0.2, 0) is 11.8 Å². The van der Waals surface area contributed by atoms with Gasteiger partial charge in [-0.15, -0.1) is 0 Å². The summed E-state index contributed by atoms with van der Waals surface area (Å²) in [5.74, 6) is 0.184. The van der Waals surface area contributed by atoms with Crippen LogP contribution in [0.4, 0.5) is 0 Å². The SMILES string of the molecule is CC(C)c1nn(C)c(=O)c2c1S(=C=O)C=C2. The highest BCUT2D eigenvalue weighted by molar-refractivity contribution is 8.17. The van der Waals surface area contributed by atoms with E-state index < -0.39 is 10.5 Å². The molecular formula is C11H12N2O2S. The number of aromatic nitrogens is 2. The molecule has 0 N–H and O–H groups in total. The molecule has 0 saturated carbocycles. The number of hydrogen-bond acceptors (Lipinski definition) is 3. The lowest BCUT2D eigenvalue weighted by molar-refractivity contribution is 0.572. The average Bonchev–Trinajstić information content (AvgIpc) is 2.66.